The molecule has 0 unspecified atom stereocenters. The van der Waals surface area contributed by atoms with E-state index in [0.29, 0.717) is 11.3 Å². The summed E-state index contributed by atoms with van der Waals surface area (Å²) in [5, 5.41) is 7.60. The molecule has 27 heavy (non-hydrogen) atoms. The van der Waals surface area contributed by atoms with Crippen molar-refractivity contribution in [1.82, 2.24) is 10.5 Å². The minimum absolute atomic E-state index is 0.0403. The quantitative estimate of drug-likeness (QED) is 0.616. The van der Waals surface area contributed by atoms with Crippen molar-refractivity contribution >= 4 is 22.8 Å². The van der Waals surface area contributed by atoms with Gasteiger partial charge in [0.15, 0.2) is 12.2 Å². The normalized spacial score (nSPS) is 11.9. The van der Waals surface area contributed by atoms with Crippen molar-refractivity contribution < 1.29 is 18.8 Å². The minimum atomic E-state index is -0.518. The number of aromatic nitrogens is 1. The van der Waals surface area contributed by atoms with Crippen LogP contribution in [0.1, 0.15) is 37.1 Å². The highest BCUT2D eigenvalue weighted by Crippen LogP contribution is 2.19. The average molecular weight is 366 g/mol. The molecular formula is C21H22N2O4. The fourth-order valence-corrected chi connectivity index (χ4v) is 2.93. The summed E-state index contributed by atoms with van der Waals surface area (Å²) in [5.41, 5.74) is 2.15. The third-order valence-electron chi connectivity index (χ3n) is 4.24. The smallest absolute Gasteiger partial charge is 0.312 e. The lowest BCUT2D eigenvalue weighted by molar-refractivity contribution is -0.148. The Hall–Kier alpha value is -3.15. The van der Waals surface area contributed by atoms with Gasteiger partial charge in [-0.25, -0.2) is 0 Å². The molecule has 0 spiro atoms. The maximum Gasteiger partial charge on any atom is 0.312 e. The van der Waals surface area contributed by atoms with Gasteiger partial charge in [0.1, 0.15) is 5.69 Å². The Kier molecular flexibility index (Phi) is 6.20. The first-order valence-electron chi connectivity index (χ1n) is 9.00. The molecule has 6 heteroatoms. The number of nitrogens with one attached hydrogen (secondary N) is 1. The average Bonchev–Trinajstić information content (AvgIpc) is 3.10. The molecule has 1 amide bonds. The van der Waals surface area contributed by atoms with Crippen LogP contribution in [0.25, 0.3) is 11.0 Å². The van der Waals surface area contributed by atoms with Gasteiger partial charge in [-0.2, -0.15) is 0 Å². The molecule has 0 saturated carbocycles. The second kappa shape index (κ2) is 8.98. The third-order valence-corrected chi connectivity index (χ3v) is 4.24. The second-order valence-electron chi connectivity index (χ2n) is 6.28. The lowest BCUT2D eigenvalue weighted by Gasteiger charge is -2.18. The predicted octanol–water partition coefficient (Wildman–Crippen LogP) is 3.57. The van der Waals surface area contributed by atoms with E-state index in [4.69, 9.17) is 9.26 Å². The molecule has 0 bridgehead atoms. The van der Waals surface area contributed by atoms with E-state index >= 15 is 0 Å². The van der Waals surface area contributed by atoms with Crippen molar-refractivity contribution in [3.63, 3.8) is 0 Å². The number of hydrogen-bond acceptors (Lipinski definition) is 5. The number of para-hydroxylation sites is 1. The minimum Gasteiger partial charge on any atom is -0.455 e. The fourth-order valence-electron chi connectivity index (χ4n) is 2.93. The van der Waals surface area contributed by atoms with Crippen LogP contribution >= 0.6 is 0 Å². The van der Waals surface area contributed by atoms with Crippen molar-refractivity contribution in [2.24, 2.45) is 0 Å². The molecule has 1 aromatic heterocycles. The highest BCUT2D eigenvalue weighted by molar-refractivity contribution is 5.85. The molecule has 0 aliphatic carbocycles. The van der Waals surface area contributed by atoms with Crippen LogP contribution in [0.4, 0.5) is 0 Å². The number of ether oxygens (including phenoxy) is 1. The van der Waals surface area contributed by atoms with Crippen LogP contribution in [0.2, 0.25) is 0 Å². The third kappa shape index (κ3) is 4.94. The SMILES string of the molecule is CCC[C@H](NC(=O)COC(=O)Cc1noc2ccccc12)c1ccccc1. The number of benzene rings is 2. The van der Waals surface area contributed by atoms with Crippen LogP contribution in [0.5, 0.6) is 0 Å². The molecule has 1 atom stereocenters. The van der Waals surface area contributed by atoms with E-state index in [-0.39, 0.29) is 25.0 Å². The summed E-state index contributed by atoms with van der Waals surface area (Å²) in [6, 6.07) is 17.0. The summed E-state index contributed by atoms with van der Waals surface area (Å²) >= 11 is 0. The van der Waals surface area contributed by atoms with Crippen molar-refractivity contribution in [2.75, 3.05) is 6.61 Å². The van der Waals surface area contributed by atoms with Crippen LogP contribution < -0.4 is 5.32 Å². The Bertz CT molecular complexity index is 905. The Morgan fingerprint density at radius 3 is 2.63 bits per heavy atom. The number of fused-ring (bicyclic) bond motifs is 1. The first-order chi connectivity index (χ1) is 13.2. The topological polar surface area (TPSA) is 81.4 Å². The molecule has 1 heterocycles. The van der Waals surface area contributed by atoms with E-state index in [1.165, 1.54) is 0 Å². The Morgan fingerprint density at radius 1 is 1.11 bits per heavy atom. The van der Waals surface area contributed by atoms with E-state index < -0.39 is 5.97 Å². The standard InChI is InChI=1S/C21H22N2O4/c1-2-8-17(15-9-4-3-5-10-15)22-20(24)14-26-21(25)13-18-16-11-6-7-12-19(16)27-23-18/h3-7,9-12,17H,2,8,13-14H2,1H3,(H,22,24)/t17-/m0/s1. The number of amides is 1. The van der Waals surface area contributed by atoms with Crippen molar-refractivity contribution in [2.45, 2.75) is 32.2 Å². The largest absolute Gasteiger partial charge is 0.455 e. The van der Waals surface area contributed by atoms with E-state index in [1.54, 1.807) is 6.07 Å². The lowest BCUT2D eigenvalue weighted by Crippen LogP contribution is -2.32. The van der Waals surface area contributed by atoms with E-state index in [0.717, 1.165) is 23.8 Å². The zero-order chi connectivity index (χ0) is 19.1. The van der Waals surface area contributed by atoms with Gasteiger partial charge in [0, 0.05) is 5.39 Å². The molecule has 3 rings (SSSR count). The zero-order valence-electron chi connectivity index (χ0n) is 15.2. The fraction of sp³-hybridized carbons (Fsp3) is 0.286. The van der Waals surface area contributed by atoms with Gasteiger partial charge in [-0.15, -0.1) is 0 Å². The summed E-state index contributed by atoms with van der Waals surface area (Å²) in [5.74, 6) is -0.841. The molecule has 6 nitrogen and oxygen atoms in total. The highest BCUT2D eigenvalue weighted by Gasteiger charge is 2.17. The van der Waals surface area contributed by atoms with Crippen LogP contribution in [0.15, 0.2) is 59.1 Å². The van der Waals surface area contributed by atoms with Gasteiger partial charge in [-0.05, 0) is 24.1 Å². The number of carbonyl (C=O) groups is 2. The van der Waals surface area contributed by atoms with E-state index in [1.807, 2.05) is 48.5 Å². The molecule has 0 aliphatic heterocycles. The molecular weight excluding hydrogens is 344 g/mol. The van der Waals surface area contributed by atoms with Gasteiger partial charge in [0.2, 0.25) is 0 Å². The summed E-state index contributed by atoms with van der Waals surface area (Å²) in [4.78, 5) is 24.3. The molecule has 0 fully saturated rings. The lowest BCUT2D eigenvalue weighted by atomic mass is 10.0. The van der Waals surface area contributed by atoms with Crippen LogP contribution in [0.3, 0.4) is 0 Å². The number of nitrogens with zero attached hydrogens (tertiary/aromatic N) is 1. The predicted molar refractivity (Wildman–Crippen MR) is 101 cm³/mol. The van der Waals surface area contributed by atoms with Gasteiger partial charge < -0.3 is 14.6 Å². The molecule has 140 valence electrons. The summed E-state index contributed by atoms with van der Waals surface area (Å²) in [6.45, 7) is 1.74. The van der Waals surface area contributed by atoms with Gasteiger partial charge >= 0.3 is 5.97 Å². The number of hydrogen-bond donors (Lipinski definition) is 1. The Morgan fingerprint density at radius 2 is 1.85 bits per heavy atom. The molecule has 0 radical (unpaired) electrons. The summed E-state index contributed by atoms with van der Waals surface area (Å²) in [7, 11) is 0. The van der Waals surface area contributed by atoms with Gasteiger partial charge in [-0.1, -0.05) is 61.0 Å². The van der Waals surface area contributed by atoms with E-state index in [2.05, 4.69) is 17.4 Å². The van der Waals surface area contributed by atoms with Crippen LogP contribution in [-0.2, 0) is 20.7 Å². The number of esters is 1. The van der Waals surface area contributed by atoms with Crippen LogP contribution in [-0.4, -0.2) is 23.6 Å². The maximum atomic E-state index is 12.2. The Balaban J connectivity index is 1.52. The first-order valence-corrected chi connectivity index (χ1v) is 9.00. The van der Waals surface area contributed by atoms with Crippen molar-refractivity contribution in [1.29, 1.82) is 0 Å². The van der Waals surface area contributed by atoms with Gasteiger partial charge in [-0.3, -0.25) is 9.59 Å². The maximum absolute atomic E-state index is 12.2. The van der Waals surface area contributed by atoms with Gasteiger partial charge in [0.05, 0.1) is 12.5 Å². The number of carbonyl (C=O) groups excluding carboxylic acids is 2. The summed E-state index contributed by atoms with van der Waals surface area (Å²) < 4.78 is 10.3. The molecule has 0 aliphatic rings. The monoisotopic (exact) mass is 366 g/mol. The Labute approximate surface area is 157 Å². The second-order valence-corrected chi connectivity index (χ2v) is 6.28. The zero-order valence-corrected chi connectivity index (χ0v) is 15.2. The molecule has 0 saturated heterocycles. The van der Waals surface area contributed by atoms with Crippen LogP contribution in [0, 0.1) is 0 Å². The molecule has 3 aromatic rings. The van der Waals surface area contributed by atoms with Gasteiger partial charge in [0.25, 0.3) is 5.91 Å². The van der Waals surface area contributed by atoms with E-state index in [9.17, 15) is 9.59 Å². The van der Waals surface area contributed by atoms with Crippen molar-refractivity contribution in [3.8, 4) is 0 Å². The number of rotatable bonds is 8. The highest BCUT2D eigenvalue weighted by atomic mass is 16.5. The molecule has 2 aromatic carbocycles. The summed E-state index contributed by atoms with van der Waals surface area (Å²) in [6.07, 6.45) is 1.70. The van der Waals surface area contributed by atoms with Crippen molar-refractivity contribution in [3.05, 3.63) is 65.9 Å². The first kappa shape index (κ1) is 18.6. The molecule has 1 N–H and O–H groups in total.